The number of carbonyl (C=O) groups is 6. The largest absolute Gasteiger partial charge is 0.454 e. The second-order valence-corrected chi connectivity index (χ2v) is 26.3. The molecule has 2 aliphatic carbocycles. The van der Waals surface area contributed by atoms with Crippen LogP contribution in [0.4, 0.5) is 19.2 Å². The van der Waals surface area contributed by atoms with Crippen molar-refractivity contribution in [1.82, 2.24) is 40.2 Å². The van der Waals surface area contributed by atoms with Crippen LogP contribution in [0.25, 0.3) is 28.0 Å². The van der Waals surface area contributed by atoms with Crippen LogP contribution in [0.3, 0.4) is 0 Å². The Labute approximate surface area is 533 Å². The van der Waals surface area contributed by atoms with Gasteiger partial charge in [-0.1, -0.05) is 76.2 Å². The summed E-state index contributed by atoms with van der Waals surface area (Å²) >= 11 is 0. The number of aromatic nitrogens is 2. The van der Waals surface area contributed by atoms with Gasteiger partial charge in [0.1, 0.15) is 42.3 Å². The number of H-pyrrole nitrogens is 1. The zero-order chi connectivity index (χ0) is 63.3. The summed E-state index contributed by atoms with van der Waals surface area (Å²) in [4.78, 5) is 104. The van der Waals surface area contributed by atoms with Crippen molar-refractivity contribution in [2.75, 3.05) is 26.7 Å². The van der Waals surface area contributed by atoms with Gasteiger partial charge in [-0.15, -0.1) is 0 Å². The Morgan fingerprint density at radius 3 is 1.39 bits per heavy atom. The first-order valence-corrected chi connectivity index (χ1v) is 32.4. The highest BCUT2D eigenvalue weighted by atomic mass is 16.7. The lowest BCUT2D eigenvalue weighted by Crippen LogP contribution is -2.54. The predicted octanol–water partition coefficient (Wildman–Crippen LogP) is 10.7. The second kappa shape index (κ2) is 25.4. The zero-order valence-corrected chi connectivity index (χ0v) is 52.2. The van der Waals surface area contributed by atoms with E-state index in [-0.39, 0.29) is 69.0 Å². The van der Waals surface area contributed by atoms with Crippen LogP contribution in [0.1, 0.15) is 138 Å². The van der Waals surface area contributed by atoms with Crippen molar-refractivity contribution in [3.63, 3.8) is 0 Å². The highest BCUT2D eigenvalue weighted by Crippen LogP contribution is 2.42. The number of amides is 6. The molecule has 0 unspecified atom stereocenters. The maximum Gasteiger partial charge on any atom is 0.410 e. The highest BCUT2D eigenvalue weighted by Gasteiger charge is 2.47. The van der Waals surface area contributed by atoms with Gasteiger partial charge in [-0.3, -0.25) is 24.4 Å². The number of hydrogen-bond donors (Lipinski definition) is 3. The number of aliphatic imine (C=N–C) groups is 1. The van der Waals surface area contributed by atoms with Crippen LogP contribution in [-0.4, -0.2) is 141 Å². The smallest absolute Gasteiger partial charge is 0.410 e. The molecule has 5 aromatic rings. The third kappa shape index (κ3) is 12.5. The minimum atomic E-state index is -0.910. The zero-order valence-electron chi connectivity index (χ0n) is 52.2. The third-order valence-corrected chi connectivity index (χ3v) is 19.4. The number of aromatic amines is 1. The Morgan fingerprint density at radius 1 is 0.533 bits per heavy atom. The lowest BCUT2D eigenvalue weighted by atomic mass is 9.95. The summed E-state index contributed by atoms with van der Waals surface area (Å²) in [6.45, 7) is 9.46. The molecule has 3 N–H and O–H groups in total. The first-order chi connectivity index (χ1) is 44.6. The molecular formula is C69H77N9O14. The van der Waals surface area contributed by atoms with Crippen LogP contribution in [0, 0.1) is 11.8 Å². The Bertz CT molecular complexity index is 3680. The number of nitrogens with one attached hydrogen (secondary N) is 3. The molecule has 0 radical (unpaired) electrons. The minimum Gasteiger partial charge on any atom is -0.454 e. The van der Waals surface area contributed by atoms with Gasteiger partial charge in [-0.05, 0) is 138 Å². The summed E-state index contributed by atoms with van der Waals surface area (Å²) in [7, 11) is 0. The van der Waals surface area contributed by atoms with Gasteiger partial charge < -0.3 is 63.3 Å². The maximum atomic E-state index is 14.8. The van der Waals surface area contributed by atoms with E-state index in [4.69, 9.17) is 47.9 Å². The van der Waals surface area contributed by atoms with Crippen molar-refractivity contribution in [2.24, 2.45) is 16.8 Å². The normalized spacial score (nSPS) is 22.0. The summed E-state index contributed by atoms with van der Waals surface area (Å²) in [5.74, 6) is 1.94. The summed E-state index contributed by atoms with van der Waals surface area (Å²) < 4.78 is 46.2. The summed E-state index contributed by atoms with van der Waals surface area (Å²) in [5.41, 5.74) is 10.1. The van der Waals surface area contributed by atoms with Gasteiger partial charge in [0, 0.05) is 57.4 Å². The van der Waals surface area contributed by atoms with Crippen molar-refractivity contribution >= 4 is 47.5 Å². The number of likely N-dealkylation sites (tertiary alicyclic amines) is 2. The molecule has 7 aliphatic heterocycles. The molecule has 4 fully saturated rings. The number of ether oxygens (including phenoxy) is 8. The monoisotopic (exact) mass is 1260 g/mol. The van der Waals surface area contributed by atoms with Crippen molar-refractivity contribution in [3.8, 4) is 45.4 Å². The van der Waals surface area contributed by atoms with Crippen LogP contribution in [0.5, 0.6) is 23.0 Å². The molecule has 23 nitrogen and oxygen atoms in total. The van der Waals surface area contributed by atoms with E-state index in [1.807, 2.05) is 82.4 Å². The lowest BCUT2D eigenvalue weighted by Gasteiger charge is -2.31. The predicted molar refractivity (Wildman–Crippen MR) is 334 cm³/mol. The van der Waals surface area contributed by atoms with Gasteiger partial charge in [0.15, 0.2) is 23.0 Å². The third-order valence-electron chi connectivity index (χ3n) is 19.4. The minimum absolute atomic E-state index is 0.0890. The Kier molecular flexibility index (Phi) is 16.7. The van der Waals surface area contributed by atoms with Gasteiger partial charge in [0.05, 0.1) is 37.1 Å². The maximum absolute atomic E-state index is 14.8. The molecular weight excluding hydrogens is 1180 g/mol. The van der Waals surface area contributed by atoms with Crippen molar-refractivity contribution in [1.29, 1.82) is 0 Å². The quantitative estimate of drug-likeness (QED) is 0.0824. The fourth-order valence-electron chi connectivity index (χ4n) is 14.3. The molecule has 14 rings (SSSR count). The first-order valence-electron chi connectivity index (χ1n) is 32.4. The Balaban J connectivity index is 0.637. The fourth-order valence-corrected chi connectivity index (χ4v) is 14.3. The molecule has 0 bridgehead atoms. The Morgan fingerprint density at radius 2 is 0.946 bits per heavy atom. The molecule has 9 aliphatic rings. The number of rotatable bonds is 15. The average molecular weight is 1260 g/mol. The molecule has 2 saturated heterocycles. The number of imidazole rings is 1. The van der Waals surface area contributed by atoms with E-state index >= 15 is 0 Å². The first kappa shape index (κ1) is 60.3. The van der Waals surface area contributed by atoms with E-state index in [0.717, 1.165) is 113 Å². The molecule has 2 saturated carbocycles. The van der Waals surface area contributed by atoms with E-state index < -0.39 is 60.7 Å². The molecule has 92 heavy (non-hydrogen) atoms. The van der Waals surface area contributed by atoms with Gasteiger partial charge in [0.2, 0.25) is 25.4 Å². The van der Waals surface area contributed by atoms with E-state index in [9.17, 15) is 28.8 Å². The molecule has 8 heterocycles. The number of carbonyl (C=O) groups excluding carboxylic acids is 6. The number of benzene rings is 4. The molecule has 23 heteroatoms. The van der Waals surface area contributed by atoms with E-state index in [1.165, 1.54) is 0 Å². The lowest BCUT2D eigenvalue weighted by molar-refractivity contribution is -0.136. The molecule has 0 spiro atoms. The van der Waals surface area contributed by atoms with Gasteiger partial charge in [0.25, 0.3) is 0 Å². The molecule has 482 valence electrons. The molecule has 6 amide bonds. The van der Waals surface area contributed by atoms with Crippen LogP contribution < -0.4 is 29.6 Å². The SMILES string of the molecule is CC(C)[C@H](NC(=O)OC1CCCC1)C(=O)N1C[C@H](OC(=O)N2Cc3cc4c(cc3C2)OCO4)C[C@H]1C1=NC=C(c2ccc(-c3ccc(-c4cnc([C@@H]5C[C@@H](OC(=O)N6Cc7cc8c(cc7C6)OCO8)CN5C(=O)[C@@H](NC(=O)OC5CCCC5)C(C)C)[nH]4)cc3)cc2)C1. The van der Waals surface area contributed by atoms with E-state index in [0.29, 0.717) is 67.8 Å². The van der Waals surface area contributed by atoms with Gasteiger partial charge in [-0.25, -0.2) is 24.2 Å². The topological polar surface area (TPSA) is 254 Å². The van der Waals surface area contributed by atoms with Crippen molar-refractivity contribution < 1.29 is 66.7 Å². The number of alkyl carbamates (subject to hydrolysis) is 2. The number of fused-ring (bicyclic) bond motifs is 4. The van der Waals surface area contributed by atoms with Crippen LogP contribution in [0.15, 0.2) is 90.2 Å². The standard InChI is InChI=1S/C69H77N9O14/c1-38(2)61(73-66(81)89-49-9-5-6-10-49)64(79)77-34-51(91-68(83)75-30-45-22-57-58(86-36-85-57)23-46(45)31-75)26-55(77)53-21-44(28-70-53)42-15-13-40(14-16-42)41-17-19-43(20-18-41)54-29-71-63(72-54)56-27-52(92-69(84)76-32-47-24-59-60(88-37-87-59)25-48(47)33-76)35-78(56)65(80)62(39(3)4)74-67(82)90-50-11-7-8-12-50/h13-20,22-25,28-29,38-39,49-52,55-56,61-62H,5-12,21,26-27,30-37H2,1-4H3,(H,71,72)(H,73,81)(H,74,82)/t51-,52-,55+,56+,61+,62+/m1/s1. The molecule has 4 aromatic carbocycles. The van der Waals surface area contributed by atoms with Crippen LogP contribution >= 0.6 is 0 Å². The number of hydrogen-bond acceptors (Lipinski definition) is 16. The molecule has 6 atom stereocenters. The highest BCUT2D eigenvalue weighted by molar-refractivity contribution is 6.04. The van der Waals surface area contributed by atoms with Gasteiger partial charge >= 0.3 is 24.4 Å². The van der Waals surface area contributed by atoms with Gasteiger partial charge in [-0.2, -0.15) is 0 Å². The Hall–Kier alpha value is -9.28. The van der Waals surface area contributed by atoms with E-state index in [2.05, 4.69) is 39.9 Å². The fraction of sp³-hybridized carbons (Fsp3) is 0.478. The van der Waals surface area contributed by atoms with Crippen LogP contribution in [0.2, 0.25) is 0 Å². The van der Waals surface area contributed by atoms with Crippen molar-refractivity contribution in [3.05, 3.63) is 119 Å². The van der Waals surface area contributed by atoms with Crippen LogP contribution in [-0.2, 0) is 54.7 Å². The number of nitrogens with zero attached hydrogens (tertiary/aromatic N) is 6. The van der Waals surface area contributed by atoms with Crippen molar-refractivity contribution in [2.45, 2.75) is 173 Å². The average Bonchev–Trinajstić information content (AvgIpc) is 1.69. The number of allylic oxidation sites excluding steroid dienone is 1. The van der Waals surface area contributed by atoms with E-state index in [1.54, 1.807) is 25.8 Å². The summed E-state index contributed by atoms with van der Waals surface area (Å²) in [6.07, 6.45) is 7.90. The second-order valence-electron chi connectivity index (χ2n) is 26.3. The summed E-state index contributed by atoms with van der Waals surface area (Å²) in [6, 6.07) is 21.0. The summed E-state index contributed by atoms with van der Waals surface area (Å²) in [5, 5.41) is 5.76. The molecule has 1 aromatic heterocycles.